The van der Waals surface area contributed by atoms with E-state index in [4.69, 9.17) is 5.73 Å². The van der Waals surface area contributed by atoms with Gasteiger partial charge in [0, 0.05) is 16.8 Å². The van der Waals surface area contributed by atoms with Gasteiger partial charge >= 0.3 is 5.69 Å². The van der Waals surface area contributed by atoms with Gasteiger partial charge in [0.1, 0.15) is 11.5 Å². The van der Waals surface area contributed by atoms with Crippen LogP contribution in [0.1, 0.15) is 63.8 Å². The molecule has 2 aromatic heterocycles. The number of nitrogens with two attached hydrogens (primary N) is 1. The molecule has 0 bridgehead atoms. The Morgan fingerprint density at radius 3 is 2.27 bits per heavy atom. The van der Waals surface area contributed by atoms with E-state index in [1.165, 1.54) is 4.57 Å². The van der Waals surface area contributed by atoms with Gasteiger partial charge in [-0.3, -0.25) is 19.1 Å². The lowest BCUT2D eigenvalue weighted by Crippen LogP contribution is -2.38. The van der Waals surface area contributed by atoms with Gasteiger partial charge in [0.05, 0.1) is 6.54 Å². The summed E-state index contributed by atoms with van der Waals surface area (Å²) in [5.41, 5.74) is 8.81. The largest absolute Gasteiger partial charge is 0.384 e. The summed E-state index contributed by atoms with van der Waals surface area (Å²) < 4.78 is 1.32. The zero-order valence-electron chi connectivity index (χ0n) is 17.9. The first kappa shape index (κ1) is 21.2. The fraction of sp³-hybridized carbons (Fsp3) is 0.304. The summed E-state index contributed by atoms with van der Waals surface area (Å²) in [7, 11) is 0. The van der Waals surface area contributed by atoms with Crippen molar-refractivity contribution in [3.05, 3.63) is 90.4 Å². The van der Waals surface area contributed by atoms with Gasteiger partial charge in [-0.1, -0.05) is 31.0 Å². The first-order chi connectivity index (χ1) is 14.1. The van der Waals surface area contributed by atoms with E-state index in [0.717, 1.165) is 16.7 Å². The molecule has 0 aliphatic rings. The molecule has 0 fully saturated rings. The SMILES string of the molecule is Cc1cc(C)cc(C(=O)c2c(C(C)C)c(=O)[nH]c(=O)n2Cc2cc(C)nc(N)c2)c1. The Bertz CT molecular complexity index is 1210. The molecule has 0 spiro atoms. The smallest absolute Gasteiger partial charge is 0.329 e. The molecule has 3 N–H and O–H groups in total. The Morgan fingerprint density at radius 2 is 1.70 bits per heavy atom. The molecule has 0 amide bonds. The molecule has 0 aliphatic carbocycles. The molecule has 0 saturated heterocycles. The van der Waals surface area contributed by atoms with E-state index < -0.39 is 11.2 Å². The Kier molecular flexibility index (Phi) is 5.73. The van der Waals surface area contributed by atoms with Crippen LogP contribution in [0.15, 0.2) is 39.9 Å². The molecule has 30 heavy (non-hydrogen) atoms. The third kappa shape index (κ3) is 4.25. The number of hydrogen-bond donors (Lipinski definition) is 2. The number of anilines is 1. The van der Waals surface area contributed by atoms with Gasteiger partial charge in [-0.15, -0.1) is 0 Å². The maximum absolute atomic E-state index is 13.6. The van der Waals surface area contributed by atoms with Crippen molar-refractivity contribution in [2.45, 2.75) is 47.1 Å². The number of H-pyrrole nitrogens is 1. The monoisotopic (exact) mass is 406 g/mol. The van der Waals surface area contributed by atoms with Crippen LogP contribution in [0.2, 0.25) is 0 Å². The lowest BCUT2D eigenvalue weighted by atomic mass is 9.95. The minimum atomic E-state index is -0.634. The van der Waals surface area contributed by atoms with Crippen molar-refractivity contribution in [2.75, 3.05) is 5.73 Å². The van der Waals surface area contributed by atoms with Crippen LogP contribution in [0, 0.1) is 20.8 Å². The standard InChI is InChI=1S/C23H26N4O3/c1-12(2)19-20(21(28)17-7-13(3)6-14(4)8-17)27(23(30)26-22(19)29)11-16-9-15(5)25-18(24)10-16/h6-10,12H,11H2,1-5H3,(H2,24,25)(H,26,29,30). The number of pyridine rings is 1. The third-order valence-electron chi connectivity index (χ3n) is 4.89. The molecule has 0 radical (unpaired) electrons. The number of benzene rings is 1. The van der Waals surface area contributed by atoms with Gasteiger partial charge in [-0.25, -0.2) is 9.78 Å². The topological polar surface area (TPSA) is 111 Å². The van der Waals surface area contributed by atoms with Gasteiger partial charge in [-0.2, -0.15) is 0 Å². The molecule has 0 unspecified atom stereocenters. The van der Waals surface area contributed by atoms with E-state index in [1.54, 1.807) is 31.2 Å². The third-order valence-corrected chi connectivity index (χ3v) is 4.89. The highest BCUT2D eigenvalue weighted by atomic mass is 16.2. The van der Waals surface area contributed by atoms with E-state index in [-0.39, 0.29) is 29.5 Å². The molecule has 7 heteroatoms. The van der Waals surface area contributed by atoms with Crippen LogP contribution < -0.4 is 17.0 Å². The molecule has 0 saturated carbocycles. The quantitative estimate of drug-likeness (QED) is 0.633. The number of nitrogen functional groups attached to an aromatic ring is 1. The number of carbonyl (C=O) groups is 1. The minimum absolute atomic E-state index is 0.0920. The number of carbonyl (C=O) groups excluding carboxylic acids is 1. The molecular formula is C23H26N4O3. The van der Waals surface area contributed by atoms with Gasteiger partial charge in [0.15, 0.2) is 0 Å². The van der Waals surface area contributed by atoms with Crippen molar-refractivity contribution in [3.63, 3.8) is 0 Å². The second-order valence-electron chi connectivity index (χ2n) is 8.01. The molecule has 1 aromatic carbocycles. The maximum Gasteiger partial charge on any atom is 0.329 e. The number of rotatable bonds is 5. The average Bonchev–Trinajstić information content (AvgIpc) is 2.61. The zero-order valence-corrected chi connectivity index (χ0v) is 17.9. The molecule has 156 valence electrons. The predicted octanol–water partition coefficient (Wildman–Crippen LogP) is 2.84. The van der Waals surface area contributed by atoms with Crippen LogP contribution in [0.3, 0.4) is 0 Å². The van der Waals surface area contributed by atoms with Gasteiger partial charge in [0.25, 0.3) is 5.56 Å². The molecular weight excluding hydrogens is 380 g/mol. The second kappa shape index (κ2) is 8.10. The molecule has 0 atom stereocenters. The van der Waals surface area contributed by atoms with Crippen LogP contribution >= 0.6 is 0 Å². The van der Waals surface area contributed by atoms with E-state index in [9.17, 15) is 14.4 Å². The fourth-order valence-corrected chi connectivity index (χ4v) is 3.80. The number of ketones is 1. The minimum Gasteiger partial charge on any atom is -0.384 e. The summed E-state index contributed by atoms with van der Waals surface area (Å²) in [6.45, 7) is 9.35. The maximum atomic E-state index is 13.6. The van der Waals surface area contributed by atoms with Crippen LogP contribution in [0.5, 0.6) is 0 Å². The lowest BCUT2D eigenvalue weighted by Gasteiger charge is -2.18. The zero-order chi connectivity index (χ0) is 22.2. The number of aromatic amines is 1. The highest BCUT2D eigenvalue weighted by Crippen LogP contribution is 2.21. The number of nitrogens with one attached hydrogen (secondary N) is 1. The summed E-state index contributed by atoms with van der Waals surface area (Å²) >= 11 is 0. The number of aryl methyl sites for hydroxylation is 3. The van der Waals surface area contributed by atoms with Crippen LogP contribution in [-0.4, -0.2) is 20.3 Å². The Balaban J connectivity index is 2.29. The van der Waals surface area contributed by atoms with Gasteiger partial charge in [-0.05, 0) is 56.5 Å². The van der Waals surface area contributed by atoms with Gasteiger partial charge < -0.3 is 5.73 Å². The van der Waals surface area contributed by atoms with E-state index in [1.807, 2.05) is 33.8 Å². The highest BCUT2D eigenvalue weighted by Gasteiger charge is 2.25. The summed E-state index contributed by atoms with van der Waals surface area (Å²) in [4.78, 5) is 45.5. The Labute approximate surface area is 174 Å². The predicted molar refractivity (Wildman–Crippen MR) is 117 cm³/mol. The van der Waals surface area contributed by atoms with Crippen molar-refractivity contribution in [1.29, 1.82) is 0 Å². The van der Waals surface area contributed by atoms with Crippen LogP contribution in [-0.2, 0) is 6.54 Å². The number of hydrogen-bond acceptors (Lipinski definition) is 5. The van der Waals surface area contributed by atoms with Crippen LogP contribution in [0.25, 0.3) is 0 Å². The Morgan fingerprint density at radius 1 is 1.07 bits per heavy atom. The summed E-state index contributed by atoms with van der Waals surface area (Å²) in [6.07, 6.45) is 0. The molecule has 7 nitrogen and oxygen atoms in total. The molecule has 0 aliphatic heterocycles. The van der Waals surface area contributed by atoms with Crippen molar-refractivity contribution in [2.24, 2.45) is 0 Å². The summed E-state index contributed by atoms with van der Waals surface area (Å²) in [5.74, 6) is -0.282. The molecule has 3 rings (SSSR count). The van der Waals surface area contributed by atoms with Crippen molar-refractivity contribution < 1.29 is 4.79 Å². The molecule has 3 aromatic rings. The van der Waals surface area contributed by atoms with Crippen molar-refractivity contribution >= 4 is 11.6 Å². The first-order valence-electron chi connectivity index (χ1n) is 9.80. The van der Waals surface area contributed by atoms with E-state index >= 15 is 0 Å². The van der Waals surface area contributed by atoms with Crippen molar-refractivity contribution in [1.82, 2.24) is 14.5 Å². The van der Waals surface area contributed by atoms with E-state index in [0.29, 0.717) is 17.1 Å². The number of aromatic nitrogens is 3. The Hall–Kier alpha value is -3.48. The normalized spacial score (nSPS) is 11.1. The first-order valence-corrected chi connectivity index (χ1v) is 9.80. The molecule has 2 heterocycles. The second-order valence-corrected chi connectivity index (χ2v) is 8.01. The highest BCUT2D eigenvalue weighted by molar-refractivity contribution is 6.09. The number of nitrogens with zero attached hydrogens (tertiary/aromatic N) is 2. The van der Waals surface area contributed by atoms with Crippen LogP contribution in [0.4, 0.5) is 5.82 Å². The summed E-state index contributed by atoms with van der Waals surface area (Å²) in [5, 5.41) is 0. The van der Waals surface area contributed by atoms with E-state index in [2.05, 4.69) is 9.97 Å². The summed E-state index contributed by atoms with van der Waals surface area (Å²) in [6, 6.07) is 8.96. The lowest BCUT2D eigenvalue weighted by molar-refractivity contribution is 0.102. The fourth-order valence-electron chi connectivity index (χ4n) is 3.80. The van der Waals surface area contributed by atoms with Crippen molar-refractivity contribution in [3.8, 4) is 0 Å². The van der Waals surface area contributed by atoms with Gasteiger partial charge in [0.2, 0.25) is 5.78 Å². The average molecular weight is 406 g/mol.